The Hall–Kier alpha value is -1.22. The smallest absolute Gasteiger partial charge is 0.269 e. The van der Waals surface area contributed by atoms with E-state index in [4.69, 9.17) is 10.00 Å². The second-order valence-corrected chi connectivity index (χ2v) is 3.51. The zero-order valence-corrected chi connectivity index (χ0v) is 10.1. The molecule has 0 bridgehead atoms. The van der Waals surface area contributed by atoms with Crippen LogP contribution in [0.15, 0.2) is 6.07 Å². The standard InChI is InChI=1S/C10H9BrF2N2O/c1-16-8-4-6(2-3-14)15-7(5-11)9(8)10(12)13/h4,10H,2,5H2,1H3. The minimum absolute atomic E-state index is 0.0693. The lowest BCUT2D eigenvalue weighted by molar-refractivity contribution is 0.145. The number of hydrogen-bond donors (Lipinski definition) is 0. The first-order valence-corrected chi connectivity index (χ1v) is 5.54. The van der Waals surface area contributed by atoms with Crippen LogP contribution in [0.5, 0.6) is 5.75 Å². The number of rotatable bonds is 4. The molecule has 1 aromatic heterocycles. The molecule has 0 aromatic carbocycles. The van der Waals surface area contributed by atoms with Crippen LogP contribution in [0, 0.1) is 11.3 Å². The lowest BCUT2D eigenvalue weighted by Crippen LogP contribution is -2.03. The summed E-state index contributed by atoms with van der Waals surface area (Å²) in [6, 6.07) is 3.29. The molecular weight excluding hydrogens is 282 g/mol. The number of alkyl halides is 3. The number of halogens is 3. The van der Waals surface area contributed by atoms with E-state index in [-0.39, 0.29) is 28.8 Å². The molecule has 3 nitrogen and oxygen atoms in total. The predicted molar refractivity (Wildman–Crippen MR) is 57.7 cm³/mol. The topological polar surface area (TPSA) is 45.9 Å². The molecule has 0 aliphatic carbocycles. The maximum atomic E-state index is 12.8. The molecule has 86 valence electrons. The Labute approximate surface area is 100 Å². The highest BCUT2D eigenvalue weighted by Gasteiger charge is 2.20. The second-order valence-electron chi connectivity index (χ2n) is 2.95. The molecule has 0 amide bonds. The van der Waals surface area contributed by atoms with Crippen LogP contribution < -0.4 is 4.74 Å². The molecule has 0 aliphatic heterocycles. The van der Waals surface area contributed by atoms with Crippen molar-refractivity contribution >= 4 is 15.9 Å². The molecule has 6 heteroatoms. The van der Waals surface area contributed by atoms with Crippen LogP contribution in [-0.2, 0) is 11.8 Å². The van der Waals surface area contributed by atoms with Gasteiger partial charge in [-0.3, -0.25) is 4.98 Å². The Kier molecular flexibility index (Phi) is 4.62. The summed E-state index contributed by atoms with van der Waals surface area (Å²) in [5.41, 5.74) is 0.416. The van der Waals surface area contributed by atoms with Crippen molar-refractivity contribution in [3.8, 4) is 11.8 Å². The summed E-state index contributed by atoms with van der Waals surface area (Å²) in [5.74, 6) is 0.0738. The number of nitriles is 1. The van der Waals surface area contributed by atoms with E-state index < -0.39 is 6.43 Å². The number of pyridine rings is 1. The van der Waals surface area contributed by atoms with Crippen molar-refractivity contribution in [3.63, 3.8) is 0 Å². The molecule has 1 rings (SSSR count). The first kappa shape index (κ1) is 12.8. The molecule has 0 N–H and O–H groups in total. The third-order valence-electron chi connectivity index (χ3n) is 1.98. The van der Waals surface area contributed by atoms with Crippen molar-refractivity contribution in [2.75, 3.05) is 7.11 Å². The average molecular weight is 291 g/mol. The zero-order valence-electron chi connectivity index (χ0n) is 8.51. The number of ether oxygens (including phenoxy) is 1. The summed E-state index contributed by atoms with van der Waals surface area (Å²) < 4.78 is 30.4. The van der Waals surface area contributed by atoms with Crippen LogP contribution in [0.2, 0.25) is 0 Å². The quantitative estimate of drug-likeness (QED) is 0.801. The molecule has 0 aliphatic rings. The lowest BCUT2D eigenvalue weighted by Gasteiger charge is -2.12. The van der Waals surface area contributed by atoms with Crippen LogP contribution in [0.1, 0.15) is 23.4 Å². The van der Waals surface area contributed by atoms with Crippen LogP contribution in [0.4, 0.5) is 8.78 Å². The molecule has 0 saturated heterocycles. The highest BCUT2D eigenvalue weighted by Crippen LogP contribution is 2.33. The molecule has 0 saturated carbocycles. The minimum atomic E-state index is -2.65. The van der Waals surface area contributed by atoms with Gasteiger partial charge in [0.05, 0.1) is 36.6 Å². The maximum Gasteiger partial charge on any atom is 0.269 e. The molecule has 0 radical (unpaired) electrons. The van der Waals surface area contributed by atoms with Crippen molar-refractivity contribution in [2.45, 2.75) is 18.2 Å². The van der Waals surface area contributed by atoms with Gasteiger partial charge in [0.1, 0.15) is 5.75 Å². The van der Waals surface area contributed by atoms with Gasteiger partial charge in [-0.1, -0.05) is 15.9 Å². The number of hydrogen-bond acceptors (Lipinski definition) is 3. The second kappa shape index (κ2) is 5.75. The van der Waals surface area contributed by atoms with Gasteiger partial charge >= 0.3 is 0 Å². The third-order valence-corrected chi connectivity index (χ3v) is 2.51. The fraction of sp³-hybridized carbons (Fsp3) is 0.400. The highest BCUT2D eigenvalue weighted by molar-refractivity contribution is 9.08. The summed E-state index contributed by atoms with van der Waals surface area (Å²) in [4.78, 5) is 3.98. The Morgan fingerprint density at radius 3 is 2.75 bits per heavy atom. The fourth-order valence-electron chi connectivity index (χ4n) is 1.31. The normalized spacial score (nSPS) is 10.2. The Bertz CT molecular complexity index is 393. The first-order chi connectivity index (χ1) is 7.63. The van der Waals surface area contributed by atoms with E-state index in [1.807, 2.05) is 6.07 Å². The molecule has 0 spiro atoms. The summed E-state index contributed by atoms with van der Waals surface area (Å²) >= 11 is 3.09. The third kappa shape index (κ3) is 2.67. The summed E-state index contributed by atoms with van der Waals surface area (Å²) in [7, 11) is 1.31. The summed E-state index contributed by atoms with van der Waals surface area (Å²) in [6.07, 6.45) is -2.58. The predicted octanol–water partition coefficient (Wildman–Crippen LogP) is 2.99. The van der Waals surface area contributed by atoms with Crippen molar-refractivity contribution in [3.05, 3.63) is 23.0 Å². The van der Waals surface area contributed by atoms with E-state index in [1.165, 1.54) is 13.2 Å². The van der Waals surface area contributed by atoms with E-state index in [0.29, 0.717) is 5.69 Å². The van der Waals surface area contributed by atoms with Gasteiger partial charge in [-0.2, -0.15) is 5.26 Å². The van der Waals surface area contributed by atoms with Gasteiger partial charge < -0.3 is 4.74 Å². The van der Waals surface area contributed by atoms with Crippen molar-refractivity contribution in [1.29, 1.82) is 5.26 Å². The molecule has 1 aromatic rings. The minimum Gasteiger partial charge on any atom is -0.496 e. The van der Waals surface area contributed by atoms with Gasteiger partial charge in [-0.15, -0.1) is 0 Å². The SMILES string of the molecule is COc1cc(CC#N)nc(CBr)c1C(F)F. The molecule has 0 unspecified atom stereocenters. The summed E-state index contributed by atoms with van der Waals surface area (Å²) in [5, 5.41) is 8.73. The average Bonchev–Trinajstić information content (AvgIpc) is 2.27. The van der Waals surface area contributed by atoms with Crippen LogP contribution in [0.3, 0.4) is 0 Å². The van der Waals surface area contributed by atoms with E-state index in [1.54, 1.807) is 0 Å². The van der Waals surface area contributed by atoms with Gasteiger partial charge in [-0.05, 0) is 0 Å². The van der Waals surface area contributed by atoms with E-state index >= 15 is 0 Å². The number of aromatic nitrogens is 1. The highest BCUT2D eigenvalue weighted by atomic mass is 79.9. The Morgan fingerprint density at radius 1 is 1.62 bits per heavy atom. The Morgan fingerprint density at radius 2 is 2.31 bits per heavy atom. The van der Waals surface area contributed by atoms with Crippen molar-refractivity contribution in [2.24, 2.45) is 0 Å². The number of methoxy groups -OCH3 is 1. The first-order valence-electron chi connectivity index (χ1n) is 4.41. The van der Waals surface area contributed by atoms with Crippen molar-refractivity contribution in [1.82, 2.24) is 4.98 Å². The van der Waals surface area contributed by atoms with Crippen LogP contribution in [0.25, 0.3) is 0 Å². The monoisotopic (exact) mass is 290 g/mol. The molecule has 16 heavy (non-hydrogen) atoms. The van der Waals surface area contributed by atoms with E-state index in [9.17, 15) is 8.78 Å². The lowest BCUT2D eigenvalue weighted by atomic mass is 10.1. The van der Waals surface area contributed by atoms with Gasteiger partial charge in [-0.25, -0.2) is 8.78 Å². The van der Waals surface area contributed by atoms with E-state index in [0.717, 1.165) is 0 Å². The Balaban J connectivity index is 3.32. The maximum absolute atomic E-state index is 12.8. The van der Waals surface area contributed by atoms with Gasteiger partial charge in [0.2, 0.25) is 0 Å². The van der Waals surface area contributed by atoms with Gasteiger partial charge in [0, 0.05) is 11.4 Å². The molecule has 0 atom stereocenters. The summed E-state index contributed by atoms with van der Waals surface area (Å²) in [6.45, 7) is 0. The molecular formula is C10H9BrF2N2O. The van der Waals surface area contributed by atoms with Crippen LogP contribution in [-0.4, -0.2) is 12.1 Å². The number of nitrogens with zero attached hydrogens (tertiary/aromatic N) is 2. The zero-order chi connectivity index (χ0) is 12.1. The largest absolute Gasteiger partial charge is 0.496 e. The fourth-order valence-corrected chi connectivity index (χ4v) is 1.74. The molecule has 0 fully saturated rings. The molecule has 1 heterocycles. The van der Waals surface area contributed by atoms with Crippen LogP contribution >= 0.6 is 15.9 Å². The van der Waals surface area contributed by atoms with E-state index in [2.05, 4.69) is 20.9 Å². The van der Waals surface area contributed by atoms with Crippen molar-refractivity contribution < 1.29 is 13.5 Å². The van der Waals surface area contributed by atoms with Gasteiger partial charge in [0.15, 0.2) is 0 Å². The van der Waals surface area contributed by atoms with Gasteiger partial charge in [0.25, 0.3) is 6.43 Å².